The number of hydrogen-bond acceptors (Lipinski definition) is 3. The van der Waals surface area contributed by atoms with Gasteiger partial charge in [0.05, 0.1) is 6.61 Å². The van der Waals surface area contributed by atoms with Gasteiger partial charge in [-0.1, -0.05) is 39.0 Å². The van der Waals surface area contributed by atoms with Crippen LogP contribution in [-0.2, 0) is 0 Å². The second-order valence-corrected chi connectivity index (χ2v) is 6.43. The molecule has 0 aliphatic rings. The minimum atomic E-state index is -0.249. The average molecular weight is 356 g/mol. The van der Waals surface area contributed by atoms with Gasteiger partial charge in [-0.25, -0.2) is 0 Å². The summed E-state index contributed by atoms with van der Waals surface area (Å²) in [6, 6.07) is 15.0. The number of benzene rings is 2. The monoisotopic (exact) mass is 356 g/mol. The zero-order valence-corrected chi connectivity index (χ0v) is 15.7. The van der Waals surface area contributed by atoms with Gasteiger partial charge >= 0.3 is 0 Å². The summed E-state index contributed by atoms with van der Waals surface area (Å²) in [6.07, 6.45) is 0.944. The molecule has 0 radical (unpaired) electrons. The molecule has 1 amide bonds. The number of ether oxygens (including phenoxy) is 1. The molecule has 0 saturated carbocycles. The molecule has 2 aromatic rings. The molecule has 0 spiro atoms. The third-order valence-electron chi connectivity index (χ3n) is 3.65. The van der Waals surface area contributed by atoms with Crippen molar-refractivity contribution < 1.29 is 9.53 Å². The molecule has 2 aromatic carbocycles. The minimum absolute atomic E-state index is 0.249. The summed E-state index contributed by atoms with van der Waals surface area (Å²) < 4.78 is 5.52. The number of thiocarbonyl (C=S) groups is 1. The number of hydrogen-bond donors (Lipinski definition) is 2. The Hall–Kier alpha value is -2.40. The largest absolute Gasteiger partial charge is 0.494 e. The van der Waals surface area contributed by atoms with Crippen LogP contribution in [0.2, 0.25) is 0 Å². The van der Waals surface area contributed by atoms with Crippen molar-refractivity contribution in [3.05, 3.63) is 59.7 Å². The second-order valence-electron chi connectivity index (χ2n) is 6.02. The molecule has 0 bridgehead atoms. The first-order chi connectivity index (χ1) is 12.0. The van der Waals surface area contributed by atoms with E-state index in [0.717, 1.165) is 23.4 Å². The summed E-state index contributed by atoms with van der Waals surface area (Å²) in [5, 5.41) is 6.10. The van der Waals surface area contributed by atoms with Gasteiger partial charge in [0.2, 0.25) is 0 Å². The first kappa shape index (κ1) is 18.9. The van der Waals surface area contributed by atoms with Crippen molar-refractivity contribution in [1.82, 2.24) is 5.32 Å². The molecule has 2 N–H and O–H groups in total. The topological polar surface area (TPSA) is 50.4 Å². The highest BCUT2D eigenvalue weighted by Gasteiger charge is 2.11. The van der Waals surface area contributed by atoms with E-state index in [4.69, 9.17) is 17.0 Å². The number of nitrogens with one attached hydrogen (secondary N) is 2. The Kier molecular flexibility index (Phi) is 6.95. The van der Waals surface area contributed by atoms with Crippen LogP contribution in [0.15, 0.2) is 48.5 Å². The average Bonchev–Trinajstić information content (AvgIpc) is 2.60. The normalized spacial score (nSPS) is 10.4. The van der Waals surface area contributed by atoms with E-state index in [-0.39, 0.29) is 11.0 Å². The molecule has 0 aliphatic carbocycles. The number of amides is 1. The van der Waals surface area contributed by atoms with Crippen molar-refractivity contribution in [1.29, 1.82) is 0 Å². The molecule has 0 heterocycles. The standard InChI is InChI=1S/C20H24N2O2S/c1-4-13-24-16-11-9-15(10-12-16)19(23)22-20(25)21-18-8-6-5-7-17(18)14(2)3/h5-12,14H,4,13H2,1-3H3,(H2,21,22,23,25). The summed E-state index contributed by atoms with van der Waals surface area (Å²) in [7, 11) is 0. The van der Waals surface area contributed by atoms with Crippen LogP contribution in [0.1, 0.15) is 49.0 Å². The summed E-state index contributed by atoms with van der Waals surface area (Å²) in [5.74, 6) is 0.865. The molecule has 0 aliphatic heterocycles. The van der Waals surface area contributed by atoms with E-state index in [0.29, 0.717) is 18.1 Å². The summed E-state index contributed by atoms with van der Waals surface area (Å²) in [6.45, 7) is 6.94. The van der Waals surface area contributed by atoms with Gasteiger partial charge in [-0.15, -0.1) is 0 Å². The van der Waals surface area contributed by atoms with Crippen molar-refractivity contribution in [2.45, 2.75) is 33.1 Å². The molecule has 0 aromatic heterocycles. The lowest BCUT2D eigenvalue weighted by Crippen LogP contribution is -2.34. The van der Waals surface area contributed by atoms with Crippen molar-refractivity contribution in [2.75, 3.05) is 11.9 Å². The van der Waals surface area contributed by atoms with Crippen LogP contribution in [0.3, 0.4) is 0 Å². The molecule has 0 unspecified atom stereocenters. The summed E-state index contributed by atoms with van der Waals surface area (Å²) in [5.41, 5.74) is 2.59. The maximum Gasteiger partial charge on any atom is 0.257 e. The van der Waals surface area contributed by atoms with Crippen LogP contribution in [0.4, 0.5) is 5.69 Å². The van der Waals surface area contributed by atoms with Gasteiger partial charge in [0.25, 0.3) is 5.91 Å². The fourth-order valence-corrected chi connectivity index (χ4v) is 2.57. The highest BCUT2D eigenvalue weighted by Crippen LogP contribution is 2.23. The first-order valence-corrected chi connectivity index (χ1v) is 8.86. The van der Waals surface area contributed by atoms with Crippen LogP contribution in [-0.4, -0.2) is 17.6 Å². The van der Waals surface area contributed by atoms with Gasteiger partial charge in [0.15, 0.2) is 5.11 Å². The lowest BCUT2D eigenvalue weighted by atomic mass is 10.0. The molecular weight excluding hydrogens is 332 g/mol. The van der Waals surface area contributed by atoms with Crippen molar-refractivity contribution in [3.63, 3.8) is 0 Å². The third kappa shape index (κ3) is 5.57. The van der Waals surface area contributed by atoms with Gasteiger partial charge < -0.3 is 10.1 Å². The predicted octanol–water partition coefficient (Wildman–Crippen LogP) is 4.73. The van der Waals surface area contributed by atoms with E-state index in [1.54, 1.807) is 24.3 Å². The highest BCUT2D eigenvalue weighted by molar-refractivity contribution is 7.80. The maximum atomic E-state index is 12.3. The SMILES string of the molecule is CCCOc1ccc(C(=O)NC(=S)Nc2ccccc2C(C)C)cc1. The van der Waals surface area contributed by atoms with E-state index >= 15 is 0 Å². The Balaban J connectivity index is 1.97. The molecule has 0 atom stereocenters. The predicted molar refractivity (Wildman–Crippen MR) is 106 cm³/mol. The summed E-state index contributed by atoms with van der Waals surface area (Å²) >= 11 is 5.27. The molecule has 5 heteroatoms. The Morgan fingerprint density at radius 3 is 2.44 bits per heavy atom. The lowest BCUT2D eigenvalue weighted by Gasteiger charge is -2.15. The fraction of sp³-hybridized carbons (Fsp3) is 0.300. The smallest absolute Gasteiger partial charge is 0.257 e. The van der Waals surface area contributed by atoms with Gasteiger partial charge in [-0.2, -0.15) is 0 Å². The zero-order valence-electron chi connectivity index (χ0n) is 14.8. The third-order valence-corrected chi connectivity index (χ3v) is 3.85. The molecule has 132 valence electrons. The van der Waals surface area contributed by atoms with Gasteiger partial charge in [-0.05, 0) is 60.5 Å². The molecule has 0 saturated heterocycles. The number of carbonyl (C=O) groups excluding carboxylic acids is 1. The van der Waals surface area contributed by atoms with Crippen LogP contribution in [0.25, 0.3) is 0 Å². The molecule has 25 heavy (non-hydrogen) atoms. The van der Waals surface area contributed by atoms with E-state index in [1.807, 2.05) is 31.2 Å². The Morgan fingerprint density at radius 2 is 1.80 bits per heavy atom. The molecule has 4 nitrogen and oxygen atoms in total. The fourth-order valence-electron chi connectivity index (χ4n) is 2.37. The molecule has 0 fully saturated rings. The van der Waals surface area contributed by atoms with E-state index in [2.05, 4.69) is 24.5 Å². The van der Waals surface area contributed by atoms with E-state index in [1.165, 1.54) is 0 Å². The van der Waals surface area contributed by atoms with Crippen molar-refractivity contribution >= 4 is 28.9 Å². The quantitative estimate of drug-likeness (QED) is 0.735. The Bertz CT molecular complexity index is 727. The van der Waals surface area contributed by atoms with Crippen LogP contribution in [0, 0.1) is 0 Å². The number of para-hydroxylation sites is 1. The second kappa shape index (κ2) is 9.18. The van der Waals surface area contributed by atoms with Gasteiger partial charge in [-0.3, -0.25) is 10.1 Å². The maximum absolute atomic E-state index is 12.3. The first-order valence-electron chi connectivity index (χ1n) is 8.45. The van der Waals surface area contributed by atoms with E-state index in [9.17, 15) is 4.79 Å². The lowest BCUT2D eigenvalue weighted by molar-refractivity contribution is 0.0977. The van der Waals surface area contributed by atoms with Crippen LogP contribution < -0.4 is 15.4 Å². The Morgan fingerprint density at radius 1 is 1.12 bits per heavy atom. The van der Waals surface area contributed by atoms with Crippen LogP contribution in [0.5, 0.6) is 5.75 Å². The van der Waals surface area contributed by atoms with Crippen LogP contribution >= 0.6 is 12.2 Å². The summed E-state index contributed by atoms with van der Waals surface area (Å²) in [4.78, 5) is 12.3. The van der Waals surface area contributed by atoms with Crippen molar-refractivity contribution in [2.24, 2.45) is 0 Å². The molecule has 2 rings (SSSR count). The van der Waals surface area contributed by atoms with Crippen molar-refractivity contribution in [3.8, 4) is 5.75 Å². The van der Waals surface area contributed by atoms with Gasteiger partial charge in [0.1, 0.15) is 5.75 Å². The van der Waals surface area contributed by atoms with Gasteiger partial charge in [0, 0.05) is 11.3 Å². The number of carbonyl (C=O) groups is 1. The number of rotatable bonds is 6. The van der Waals surface area contributed by atoms with E-state index < -0.39 is 0 Å². The zero-order chi connectivity index (χ0) is 18.2. The number of anilines is 1. The minimum Gasteiger partial charge on any atom is -0.494 e. The molecular formula is C20H24N2O2S. The highest BCUT2D eigenvalue weighted by atomic mass is 32.1. The Labute approximate surface area is 154 Å².